The van der Waals surface area contributed by atoms with Crippen LogP contribution in [0, 0.1) is 0 Å². The van der Waals surface area contributed by atoms with Gasteiger partial charge in [0.1, 0.15) is 11.6 Å². The van der Waals surface area contributed by atoms with Gasteiger partial charge < -0.3 is 14.6 Å². The Morgan fingerprint density at radius 3 is 2.41 bits per heavy atom. The summed E-state index contributed by atoms with van der Waals surface area (Å²) in [6.07, 6.45) is 2.23. The van der Waals surface area contributed by atoms with Gasteiger partial charge in [0, 0.05) is 6.04 Å². The van der Waals surface area contributed by atoms with Crippen molar-refractivity contribution < 1.29 is 5.11 Å². The number of para-hydroxylation sites is 3. The van der Waals surface area contributed by atoms with Crippen molar-refractivity contribution in [2.45, 2.75) is 39.7 Å². The van der Waals surface area contributed by atoms with E-state index in [2.05, 4.69) is 42.4 Å². The molecule has 4 nitrogen and oxygen atoms in total. The first-order valence-electron chi connectivity index (χ1n) is 9.63. The SMILES string of the molecule is CCN(CC)CCCC(C)n1c(-c2ccccc2O)nc2ccccc21.Cl. The van der Waals surface area contributed by atoms with Gasteiger partial charge in [0.05, 0.1) is 16.6 Å². The molecule has 0 spiro atoms. The second kappa shape index (κ2) is 9.77. The normalized spacial score (nSPS) is 12.3. The molecule has 3 rings (SSSR count). The van der Waals surface area contributed by atoms with Crippen LogP contribution in [0.2, 0.25) is 0 Å². The third kappa shape index (κ3) is 4.63. The number of phenolic OH excluding ortho intramolecular Hbond substituents is 1. The highest BCUT2D eigenvalue weighted by Crippen LogP contribution is 2.34. The molecule has 2 aromatic carbocycles. The summed E-state index contributed by atoms with van der Waals surface area (Å²) in [6, 6.07) is 16.0. The lowest BCUT2D eigenvalue weighted by Crippen LogP contribution is -2.24. The molecule has 1 heterocycles. The van der Waals surface area contributed by atoms with Gasteiger partial charge in [0.25, 0.3) is 0 Å². The van der Waals surface area contributed by atoms with Gasteiger partial charge in [0.2, 0.25) is 0 Å². The number of rotatable bonds is 8. The molecule has 0 bridgehead atoms. The van der Waals surface area contributed by atoms with Crippen LogP contribution in [0.25, 0.3) is 22.4 Å². The van der Waals surface area contributed by atoms with E-state index in [-0.39, 0.29) is 18.2 Å². The number of hydrogen-bond donors (Lipinski definition) is 1. The first-order valence-corrected chi connectivity index (χ1v) is 9.63. The summed E-state index contributed by atoms with van der Waals surface area (Å²) in [4.78, 5) is 7.29. The molecule has 1 atom stereocenters. The molecular weight excluding hydrogens is 358 g/mol. The highest BCUT2D eigenvalue weighted by molar-refractivity contribution is 5.85. The molecule has 1 N–H and O–H groups in total. The molecule has 0 saturated heterocycles. The highest BCUT2D eigenvalue weighted by Gasteiger charge is 2.19. The fourth-order valence-electron chi connectivity index (χ4n) is 3.62. The number of aromatic nitrogens is 2. The van der Waals surface area contributed by atoms with E-state index in [1.807, 2.05) is 30.3 Å². The highest BCUT2D eigenvalue weighted by atomic mass is 35.5. The van der Waals surface area contributed by atoms with E-state index in [1.165, 1.54) is 0 Å². The molecule has 27 heavy (non-hydrogen) atoms. The Hall–Kier alpha value is -2.04. The topological polar surface area (TPSA) is 41.3 Å². The maximum Gasteiger partial charge on any atom is 0.145 e. The van der Waals surface area contributed by atoms with Gasteiger partial charge in [-0.1, -0.05) is 38.1 Å². The van der Waals surface area contributed by atoms with E-state index in [4.69, 9.17) is 4.98 Å². The summed E-state index contributed by atoms with van der Waals surface area (Å²) in [5.41, 5.74) is 2.89. The molecule has 0 saturated carbocycles. The van der Waals surface area contributed by atoms with Crippen LogP contribution in [0.3, 0.4) is 0 Å². The molecule has 146 valence electrons. The standard InChI is InChI=1S/C22H29N3O.ClH/c1-4-24(5-2)16-10-11-17(3)25-20-14-8-7-13-19(20)23-22(25)18-12-6-9-15-21(18)26;/h6-9,12-15,17,26H,4-5,10-11,16H2,1-3H3;1H. The van der Waals surface area contributed by atoms with Gasteiger partial charge in [0.15, 0.2) is 0 Å². The van der Waals surface area contributed by atoms with Crippen LogP contribution >= 0.6 is 12.4 Å². The van der Waals surface area contributed by atoms with Crippen LogP contribution in [-0.4, -0.2) is 39.2 Å². The van der Waals surface area contributed by atoms with E-state index >= 15 is 0 Å². The molecule has 0 aliphatic carbocycles. The molecule has 0 radical (unpaired) electrons. The predicted molar refractivity (Wildman–Crippen MR) is 116 cm³/mol. The summed E-state index contributed by atoms with van der Waals surface area (Å²) in [5, 5.41) is 10.3. The number of fused-ring (bicyclic) bond motifs is 1. The van der Waals surface area contributed by atoms with Crippen LogP contribution < -0.4 is 0 Å². The zero-order valence-corrected chi connectivity index (χ0v) is 17.2. The summed E-state index contributed by atoms with van der Waals surface area (Å²) in [5.74, 6) is 1.12. The van der Waals surface area contributed by atoms with Gasteiger partial charge in [-0.05, 0) is 63.7 Å². The maximum atomic E-state index is 10.3. The van der Waals surface area contributed by atoms with Crippen molar-refractivity contribution in [1.29, 1.82) is 0 Å². The second-order valence-corrected chi connectivity index (χ2v) is 6.83. The zero-order valence-electron chi connectivity index (χ0n) is 16.4. The minimum Gasteiger partial charge on any atom is -0.507 e. The van der Waals surface area contributed by atoms with Crippen LogP contribution in [-0.2, 0) is 0 Å². The Balaban J connectivity index is 0.00000261. The van der Waals surface area contributed by atoms with Crippen molar-refractivity contribution in [3.05, 3.63) is 48.5 Å². The van der Waals surface area contributed by atoms with Gasteiger partial charge in [-0.3, -0.25) is 0 Å². The second-order valence-electron chi connectivity index (χ2n) is 6.83. The third-order valence-corrected chi connectivity index (χ3v) is 5.17. The predicted octanol–water partition coefficient (Wildman–Crippen LogP) is 5.51. The molecule has 1 unspecified atom stereocenters. The molecule has 1 aromatic heterocycles. The lowest BCUT2D eigenvalue weighted by molar-refractivity contribution is 0.289. The molecule has 0 aliphatic rings. The van der Waals surface area contributed by atoms with E-state index in [0.29, 0.717) is 6.04 Å². The molecule has 5 heteroatoms. The monoisotopic (exact) mass is 387 g/mol. The Morgan fingerprint density at radius 1 is 1.04 bits per heavy atom. The third-order valence-electron chi connectivity index (χ3n) is 5.17. The number of imidazole rings is 1. The summed E-state index contributed by atoms with van der Waals surface area (Å²) < 4.78 is 2.28. The van der Waals surface area contributed by atoms with Crippen molar-refractivity contribution in [2.24, 2.45) is 0 Å². The quantitative estimate of drug-likeness (QED) is 0.553. The number of hydrogen-bond acceptors (Lipinski definition) is 3. The number of phenols is 1. The average molecular weight is 388 g/mol. The Bertz CT molecular complexity index is 858. The Morgan fingerprint density at radius 2 is 1.70 bits per heavy atom. The minimum absolute atomic E-state index is 0. The largest absolute Gasteiger partial charge is 0.507 e. The molecule has 0 fully saturated rings. The Labute approximate surface area is 168 Å². The van der Waals surface area contributed by atoms with Crippen LogP contribution in [0.4, 0.5) is 0 Å². The van der Waals surface area contributed by atoms with Gasteiger partial charge in [-0.25, -0.2) is 4.98 Å². The summed E-state index contributed by atoms with van der Waals surface area (Å²) in [7, 11) is 0. The van der Waals surface area contributed by atoms with Crippen molar-refractivity contribution in [3.63, 3.8) is 0 Å². The van der Waals surface area contributed by atoms with Crippen molar-refractivity contribution in [1.82, 2.24) is 14.5 Å². The molecule has 3 aromatic rings. The van der Waals surface area contributed by atoms with E-state index in [1.54, 1.807) is 6.07 Å². The maximum absolute atomic E-state index is 10.3. The van der Waals surface area contributed by atoms with E-state index in [9.17, 15) is 5.11 Å². The molecule has 0 aliphatic heterocycles. The van der Waals surface area contributed by atoms with Crippen LogP contribution in [0.5, 0.6) is 5.75 Å². The lowest BCUT2D eigenvalue weighted by atomic mass is 10.1. The fourth-order valence-corrected chi connectivity index (χ4v) is 3.62. The van der Waals surface area contributed by atoms with Gasteiger partial charge >= 0.3 is 0 Å². The number of benzene rings is 2. The first-order chi connectivity index (χ1) is 12.7. The molecular formula is C22H30ClN3O. The van der Waals surface area contributed by atoms with E-state index < -0.39 is 0 Å². The summed E-state index contributed by atoms with van der Waals surface area (Å²) in [6.45, 7) is 10.00. The minimum atomic E-state index is 0. The van der Waals surface area contributed by atoms with Gasteiger partial charge in [-0.2, -0.15) is 0 Å². The number of aromatic hydroxyl groups is 1. The van der Waals surface area contributed by atoms with Gasteiger partial charge in [-0.15, -0.1) is 12.4 Å². The first kappa shape index (κ1) is 21.3. The van der Waals surface area contributed by atoms with E-state index in [0.717, 1.165) is 54.9 Å². The summed E-state index contributed by atoms with van der Waals surface area (Å²) >= 11 is 0. The number of nitrogens with zero attached hydrogens (tertiary/aromatic N) is 3. The molecule has 0 amide bonds. The fraction of sp³-hybridized carbons (Fsp3) is 0.409. The lowest BCUT2D eigenvalue weighted by Gasteiger charge is -2.21. The zero-order chi connectivity index (χ0) is 18.5. The van der Waals surface area contributed by atoms with Crippen molar-refractivity contribution in [3.8, 4) is 17.1 Å². The average Bonchev–Trinajstić information content (AvgIpc) is 3.05. The number of halogens is 1. The Kier molecular flexibility index (Phi) is 7.69. The smallest absolute Gasteiger partial charge is 0.145 e. The van der Waals surface area contributed by atoms with Crippen LogP contribution in [0.15, 0.2) is 48.5 Å². The van der Waals surface area contributed by atoms with Crippen molar-refractivity contribution in [2.75, 3.05) is 19.6 Å². The van der Waals surface area contributed by atoms with Crippen LogP contribution in [0.1, 0.15) is 39.7 Å². The van der Waals surface area contributed by atoms with Crippen molar-refractivity contribution >= 4 is 23.4 Å².